The molecule has 1 aliphatic carbocycles. The van der Waals surface area contributed by atoms with Crippen molar-refractivity contribution in [2.75, 3.05) is 33.7 Å². The van der Waals surface area contributed by atoms with Gasteiger partial charge in [-0.25, -0.2) is 0 Å². The molecule has 1 heterocycles. The minimum atomic E-state index is 0. The van der Waals surface area contributed by atoms with Crippen LogP contribution in [0.5, 0.6) is 0 Å². The summed E-state index contributed by atoms with van der Waals surface area (Å²) in [6.07, 6.45) is 9.38. The number of likely N-dealkylation sites (tertiary alicyclic amines) is 1. The second kappa shape index (κ2) is 11.1. The molecule has 0 spiro atoms. The number of hydrogen-bond acceptors (Lipinski definition) is 3. The predicted molar refractivity (Wildman–Crippen MR) is 110 cm³/mol. The van der Waals surface area contributed by atoms with Gasteiger partial charge in [0.15, 0.2) is 5.96 Å². The molecule has 1 unspecified atom stereocenters. The summed E-state index contributed by atoms with van der Waals surface area (Å²) in [5, 5.41) is 3.34. The number of nitrogens with zero attached hydrogens (tertiary/aromatic N) is 3. The van der Waals surface area contributed by atoms with E-state index in [9.17, 15) is 4.79 Å². The summed E-state index contributed by atoms with van der Waals surface area (Å²) in [5.41, 5.74) is 5.98. The molecule has 3 N–H and O–H groups in total. The molecule has 6 nitrogen and oxygen atoms in total. The lowest BCUT2D eigenvalue weighted by Gasteiger charge is -2.25. The Bertz CT molecular complexity index is 410. The van der Waals surface area contributed by atoms with Crippen LogP contribution in [0.3, 0.4) is 0 Å². The van der Waals surface area contributed by atoms with E-state index < -0.39 is 0 Å². The Morgan fingerprint density at radius 2 is 1.92 bits per heavy atom. The van der Waals surface area contributed by atoms with E-state index >= 15 is 0 Å². The van der Waals surface area contributed by atoms with Crippen molar-refractivity contribution >= 4 is 35.8 Å². The highest BCUT2D eigenvalue weighted by Gasteiger charge is 2.30. The predicted octanol–water partition coefficient (Wildman–Crippen LogP) is 1.78. The number of nitrogens with two attached hydrogens (primary N) is 1. The van der Waals surface area contributed by atoms with Crippen molar-refractivity contribution in [3.05, 3.63) is 0 Å². The van der Waals surface area contributed by atoms with Gasteiger partial charge in [0, 0.05) is 33.2 Å². The highest BCUT2D eigenvalue weighted by molar-refractivity contribution is 14.0. The molecule has 1 saturated carbocycles. The van der Waals surface area contributed by atoms with Crippen LogP contribution in [0.4, 0.5) is 0 Å². The Hall–Kier alpha value is -0.570. The van der Waals surface area contributed by atoms with Crippen LogP contribution in [-0.4, -0.2) is 67.5 Å². The van der Waals surface area contributed by atoms with E-state index in [0.717, 1.165) is 38.9 Å². The van der Waals surface area contributed by atoms with Gasteiger partial charge in [-0.05, 0) is 38.6 Å². The van der Waals surface area contributed by atoms with Gasteiger partial charge in [0.1, 0.15) is 0 Å². The fourth-order valence-electron chi connectivity index (χ4n) is 3.65. The Kier molecular flexibility index (Phi) is 9.95. The third-order valence-corrected chi connectivity index (χ3v) is 4.93. The first-order valence-electron chi connectivity index (χ1n) is 9.09. The van der Waals surface area contributed by atoms with Gasteiger partial charge in [-0.15, -0.1) is 24.0 Å². The highest BCUT2D eigenvalue weighted by atomic mass is 127. The molecule has 0 bridgehead atoms. The van der Waals surface area contributed by atoms with Crippen LogP contribution in [0.25, 0.3) is 0 Å². The van der Waals surface area contributed by atoms with Crippen LogP contribution < -0.4 is 11.1 Å². The van der Waals surface area contributed by atoms with Crippen LogP contribution in [0, 0.1) is 0 Å². The summed E-state index contributed by atoms with van der Waals surface area (Å²) >= 11 is 0. The first kappa shape index (κ1) is 21.5. The lowest BCUT2D eigenvalue weighted by Crippen LogP contribution is -2.43. The van der Waals surface area contributed by atoms with Crippen molar-refractivity contribution < 1.29 is 4.79 Å². The number of nitrogens with one attached hydrogen (secondary N) is 1. The number of carbonyl (C=O) groups is 1. The second-order valence-electron chi connectivity index (χ2n) is 7.03. The zero-order chi connectivity index (χ0) is 16.7. The first-order chi connectivity index (χ1) is 11.1. The summed E-state index contributed by atoms with van der Waals surface area (Å²) in [6, 6.07) is 0.569. The lowest BCUT2D eigenvalue weighted by atomic mass is 9.96. The molecule has 1 saturated heterocycles. The van der Waals surface area contributed by atoms with Crippen molar-refractivity contribution in [1.29, 1.82) is 0 Å². The van der Waals surface area contributed by atoms with Gasteiger partial charge in [0.25, 0.3) is 0 Å². The van der Waals surface area contributed by atoms with Gasteiger partial charge in [0.2, 0.25) is 5.91 Å². The third-order valence-electron chi connectivity index (χ3n) is 4.93. The first-order valence-corrected chi connectivity index (χ1v) is 9.09. The largest absolute Gasteiger partial charge is 0.370 e. The number of halogens is 1. The molecule has 1 atom stereocenters. The third kappa shape index (κ3) is 6.74. The molecule has 0 aromatic carbocycles. The van der Waals surface area contributed by atoms with Gasteiger partial charge in [0.05, 0.1) is 6.04 Å². The van der Waals surface area contributed by atoms with Crippen molar-refractivity contribution in [1.82, 2.24) is 15.1 Å². The van der Waals surface area contributed by atoms with E-state index in [1.807, 2.05) is 14.1 Å². The SMILES string of the molecule is CN(C)C(=O)C1CCCN1CCCN=C(N)NC1CCCCC1.I. The normalized spacial score (nSPS) is 22.9. The fourth-order valence-corrected chi connectivity index (χ4v) is 3.65. The summed E-state index contributed by atoms with van der Waals surface area (Å²) in [6.45, 7) is 2.67. The van der Waals surface area contributed by atoms with E-state index in [1.54, 1.807) is 4.90 Å². The molecule has 2 aliphatic rings. The number of hydrogen-bond donors (Lipinski definition) is 2. The number of guanidine groups is 1. The zero-order valence-electron chi connectivity index (χ0n) is 15.2. The Labute approximate surface area is 163 Å². The van der Waals surface area contributed by atoms with E-state index in [4.69, 9.17) is 5.73 Å². The van der Waals surface area contributed by atoms with E-state index in [-0.39, 0.29) is 35.9 Å². The summed E-state index contributed by atoms with van der Waals surface area (Å²) in [7, 11) is 3.67. The maximum Gasteiger partial charge on any atom is 0.239 e. The number of rotatable bonds is 6. The molecule has 7 heteroatoms. The van der Waals surface area contributed by atoms with Crippen molar-refractivity contribution in [2.45, 2.75) is 63.5 Å². The molecule has 1 amide bonds. The maximum absolute atomic E-state index is 12.1. The van der Waals surface area contributed by atoms with E-state index in [2.05, 4.69) is 15.2 Å². The van der Waals surface area contributed by atoms with Crippen LogP contribution >= 0.6 is 24.0 Å². The molecular formula is C17H34IN5O. The molecule has 24 heavy (non-hydrogen) atoms. The van der Waals surface area contributed by atoms with Gasteiger partial charge in [-0.1, -0.05) is 19.3 Å². The second-order valence-corrected chi connectivity index (χ2v) is 7.03. The Balaban J connectivity index is 0.00000288. The topological polar surface area (TPSA) is 74.0 Å². The fraction of sp³-hybridized carbons (Fsp3) is 0.882. The standard InChI is InChI=1S/C17H33N5O.HI/c1-21(2)16(23)15-10-6-12-22(15)13-7-11-19-17(18)20-14-8-4-3-5-9-14;/h14-15H,3-13H2,1-2H3,(H3,18,19,20);1H. The molecule has 2 rings (SSSR count). The average Bonchev–Trinajstić information content (AvgIpc) is 3.00. The maximum atomic E-state index is 12.1. The molecule has 1 aliphatic heterocycles. The molecule has 0 aromatic heterocycles. The van der Waals surface area contributed by atoms with E-state index in [0.29, 0.717) is 12.0 Å². The van der Waals surface area contributed by atoms with Crippen LogP contribution in [0.15, 0.2) is 4.99 Å². The Morgan fingerprint density at radius 3 is 2.58 bits per heavy atom. The zero-order valence-corrected chi connectivity index (χ0v) is 17.5. The van der Waals surface area contributed by atoms with Crippen LogP contribution in [0.2, 0.25) is 0 Å². The molecule has 0 aromatic rings. The van der Waals surface area contributed by atoms with Gasteiger partial charge >= 0.3 is 0 Å². The lowest BCUT2D eigenvalue weighted by molar-refractivity contribution is -0.133. The van der Waals surface area contributed by atoms with Gasteiger partial charge in [-0.3, -0.25) is 14.7 Å². The van der Waals surface area contributed by atoms with Crippen LogP contribution in [-0.2, 0) is 4.79 Å². The van der Waals surface area contributed by atoms with Crippen LogP contribution in [0.1, 0.15) is 51.4 Å². The summed E-state index contributed by atoms with van der Waals surface area (Å²) in [4.78, 5) is 20.6. The number of likely N-dealkylation sites (N-methyl/N-ethyl adjacent to an activating group) is 1. The smallest absolute Gasteiger partial charge is 0.239 e. The Morgan fingerprint density at radius 1 is 1.21 bits per heavy atom. The number of amides is 1. The summed E-state index contributed by atoms with van der Waals surface area (Å²) in [5.74, 6) is 0.809. The van der Waals surface area contributed by atoms with E-state index in [1.165, 1.54) is 32.1 Å². The monoisotopic (exact) mass is 451 g/mol. The number of aliphatic imine (C=N–C) groups is 1. The van der Waals surface area contributed by atoms with Gasteiger partial charge in [-0.2, -0.15) is 0 Å². The molecule has 2 fully saturated rings. The molecule has 0 radical (unpaired) electrons. The quantitative estimate of drug-likeness (QED) is 0.280. The van der Waals surface area contributed by atoms with Crippen molar-refractivity contribution in [3.8, 4) is 0 Å². The average molecular weight is 451 g/mol. The van der Waals surface area contributed by atoms with Crippen molar-refractivity contribution in [2.24, 2.45) is 10.7 Å². The minimum Gasteiger partial charge on any atom is -0.370 e. The summed E-state index contributed by atoms with van der Waals surface area (Å²) < 4.78 is 0. The number of carbonyl (C=O) groups excluding carboxylic acids is 1. The van der Waals surface area contributed by atoms with Crippen molar-refractivity contribution in [3.63, 3.8) is 0 Å². The molecular weight excluding hydrogens is 417 g/mol. The minimum absolute atomic E-state index is 0. The van der Waals surface area contributed by atoms with Gasteiger partial charge < -0.3 is 16.0 Å². The highest BCUT2D eigenvalue weighted by Crippen LogP contribution is 2.19. The molecule has 140 valence electrons.